The molecule has 7 heteroatoms. The van der Waals surface area contributed by atoms with Crippen LogP contribution < -0.4 is 15.4 Å². The number of anilines is 2. The summed E-state index contributed by atoms with van der Waals surface area (Å²) in [6, 6.07) is 6.78. The van der Waals surface area contributed by atoms with E-state index in [0.29, 0.717) is 23.7 Å². The maximum Gasteiger partial charge on any atom is 0.350 e. The van der Waals surface area contributed by atoms with Crippen molar-refractivity contribution >= 4 is 23.3 Å². The zero-order chi connectivity index (χ0) is 17.2. The number of carbonyl (C=O) groups excluding carboxylic acids is 2. The maximum atomic E-state index is 11.5. The second kappa shape index (κ2) is 9.10. The molecule has 122 valence electrons. The predicted octanol–water partition coefficient (Wildman–Crippen LogP) is 2.43. The molecule has 1 aromatic rings. The standard InChI is InChI=1S/C16H19N3O4/c1-4-22-15-8-13(6-7-14(15)19-11(3)20)18-10-12(9-17)16(21)23-5-2/h6-8,10,18H,4-5H2,1-3H3,(H,19,20)/b12-10+. The highest BCUT2D eigenvalue weighted by molar-refractivity contribution is 5.93. The second-order valence-corrected chi connectivity index (χ2v) is 4.36. The van der Waals surface area contributed by atoms with E-state index in [2.05, 4.69) is 10.6 Å². The van der Waals surface area contributed by atoms with Gasteiger partial charge in [0.15, 0.2) is 5.57 Å². The topological polar surface area (TPSA) is 100 Å². The van der Waals surface area contributed by atoms with Gasteiger partial charge >= 0.3 is 5.97 Å². The Kier molecular flexibility index (Phi) is 7.14. The molecule has 0 aliphatic carbocycles. The van der Waals surface area contributed by atoms with Gasteiger partial charge in [-0.3, -0.25) is 4.79 Å². The van der Waals surface area contributed by atoms with Gasteiger partial charge in [-0.05, 0) is 26.0 Å². The summed E-state index contributed by atoms with van der Waals surface area (Å²) in [4.78, 5) is 22.7. The van der Waals surface area contributed by atoms with E-state index < -0.39 is 5.97 Å². The molecule has 0 spiro atoms. The maximum absolute atomic E-state index is 11.5. The molecule has 0 heterocycles. The lowest BCUT2D eigenvalue weighted by molar-refractivity contribution is -0.138. The van der Waals surface area contributed by atoms with E-state index >= 15 is 0 Å². The fraction of sp³-hybridized carbons (Fsp3) is 0.312. The number of nitriles is 1. The van der Waals surface area contributed by atoms with Crippen LogP contribution in [0.25, 0.3) is 0 Å². The van der Waals surface area contributed by atoms with Crippen LogP contribution in [0.15, 0.2) is 30.0 Å². The zero-order valence-electron chi connectivity index (χ0n) is 13.3. The first-order valence-corrected chi connectivity index (χ1v) is 7.10. The van der Waals surface area contributed by atoms with Gasteiger partial charge in [-0.15, -0.1) is 0 Å². The van der Waals surface area contributed by atoms with E-state index in [0.717, 1.165) is 0 Å². The normalized spacial score (nSPS) is 10.4. The molecule has 1 aromatic carbocycles. The molecular formula is C16H19N3O4. The van der Waals surface area contributed by atoms with Crippen LogP contribution in [-0.2, 0) is 14.3 Å². The molecule has 0 aromatic heterocycles. The van der Waals surface area contributed by atoms with E-state index in [1.807, 2.05) is 6.92 Å². The smallest absolute Gasteiger partial charge is 0.350 e. The lowest BCUT2D eigenvalue weighted by Crippen LogP contribution is -2.09. The number of nitrogens with zero attached hydrogens (tertiary/aromatic N) is 1. The molecule has 0 atom stereocenters. The second-order valence-electron chi connectivity index (χ2n) is 4.36. The van der Waals surface area contributed by atoms with Gasteiger partial charge in [0.05, 0.1) is 18.9 Å². The van der Waals surface area contributed by atoms with Crippen molar-refractivity contribution in [2.24, 2.45) is 0 Å². The molecular weight excluding hydrogens is 298 g/mol. The van der Waals surface area contributed by atoms with Crippen molar-refractivity contribution in [3.63, 3.8) is 0 Å². The highest BCUT2D eigenvalue weighted by Gasteiger charge is 2.10. The first-order valence-electron chi connectivity index (χ1n) is 7.10. The van der Waals surface area contributed by atoms with Gasteiger partial charge < -0.3 is 20.1 Å². The molecule has 0 fully saturated rings. The van der Waals surface area contributed by atoms with Crippen molar-refractivity contribution in [2.45, 2.75) is 20.8 Å². The molecule has 1 amide bonds. The Morgan fingerprint density at radius 1 is 1.30 bits per heavy atom. The number of hydrogen-bond donors (Lipinski definition) is 2. The summed E-state index contributed by atoms with van der Waals surface area (Å²) in [7, 11) is 0. The highest BCUT2D eigenvalue weighted by Crippen LogP contribution is 2.28. The fourth-order valence-corrected chi connectivity index (χ4v) is 1.68. The molecule has 0 saturated heterocycles. The van der Waals surface area contributed by atoms with Gasteiger partial charge in [0.25, 0.3) is 0 Å². The Morgan fingerprint density at radius 3 is 2.61 bits per heavy atom. The molecule has 0 bridgehead atoms. The third-order valence-corrected chi connectivity index (χ3v) is 2.59. The summed E-state index contributed by atoms with van der Waals surface area (Å²) < 4.78 is 10.2. The van der Waals surface area contributed by atoms with Crippen LogP contribution >= 0.6 is 0 Å². The van der Waals surface area contributed by atoms with Gasteiger partial charge in [0.1, 0.15) is 11.8 Å². The lowest BCUT2D eigenvalue weighted by Gasteiger charge is -2.12. The molecule has 0 aliphatic heterocycles. The number of esters is 1. The number of benzene rings is 1. The quantitative estimate of drug-likeness (QED) is 0.455. The van der Waals surface area contributed by atoms with Crippen molar-refractivity contribution in [3.8, 4) is 11.8 Å². The van der Waals surface area contributed by atoms with Gasteiger partial charge in [-0.1, -0.05) is 0 Å². The van der Waals surface area contributed by atoms with Crippen LogP contribution in [0.2, 0.25) is 0 Å². The van der Waals surface area contributed by atoms with E-state index in [-0.39, 0.29) is 18.1 Å². The van der Waals surface area contributed by atoms with E-state index in [9.17, 15) is 9.59 Å². The highest BCUT2D eigenvalue weighted by atomic mass is 16.5. The van der Waals surface area contributed by atoms with Crippen molar-refractivity contribution in [1.82, 2.24) is 0 Å². The number of carbonyl (C=O) groups is 2. The van der Waals surface area contributed by atoms with Gasteiger partial charge in [0.2, 0.25) is 5.91 Å². The largest absolute Gasteiger partial charge is 0.492 e. The first kappa shape index (κ1) is 18.0. The zero-order valence-corrected chi connectivity index (χ0v) is 13.3. The van der Waals surface area contributed by atoms with E-state index in [4.69, 9.17) is 14.7 Å². The Balaban J connectivity index is 2.96. The van der Waals surface area contributed by atoms with Gasteiger partial charge in [-0.2, -0.15) is 5.26 Å². The Labute approximate surface area is 134 Å². The van der Waals surface area contributed by atoms with E-state index in [1.54, 1.807) is 31.2 Å². The molecule has 2 N–H and O–H groups in total. The minimum Gasteiger partial charge on any atom is -0.492 e. The van der Waals surface area contributed by atoms with Crippen LogP contribution in [0.4, 0.5) is 11.4 Å². The molecule has 1 rings (SSSR count). The number of ether oxygens (including phenoxy) is 2. The molecule has 0 saturated carbocycles. The minimum absolute atomic E-state index is 0.143. The molecule has 23 heavy (non-hydrogen) atoms. The van der Waals surface area contributed by atoms with Gasteiger partial charge in [0, 0.05) is 24.9 Å². The number of hydrogen-bond acceptors (Lipinski definition) is 6. The lowest BCUT2D eigenvalue weighted by atomic mass is 10.2. The third-order valence-electron chi connectivity index (χ3n) is 2.59. The molecule has 0 aliphatic rings. The van der Waals surface area contributed by atoms with Crippen molar-refractivity contribution in [3.05, 3.63) is 30.0 Å². The number of rotatable bonds is 7. The summed E-state index contributed by atoms with van der Waals surface area (Å²) in [5.41, 5.74) is 0.995. The number of nitrogens with one attached hydrogen (secondary N) is 2. The van der Waals surface area contributed by atoms with Crippen molar-refractivity contribution < 1.29 is 19.1 Å². The van der Waals surface area contributed by atoms with E-state index in [1.165, 1.54) is 13.1 Å². The SMILES string of the molecule is CCOC(=O)/C(C#N)=C/Nc1ccc(NC(C)=O)c(OCC)c1. The van der Waals surface area contributed by atoms with Gasteiger partial charge in [-0.25, -0.2) is 4.79 Å². The van der Waals surface area contributed by atoms with Crippen LogP contribution in [-0.4, -0.2) is 25.1 Å². The predicted molar refractivity (Wildman–Crippen MR) is 85.9 cm³/mol. The first-order chi connectivity index (χ1) is 11.0. The van der Waals surface area contributed by atoms with Crippen LogP contribution in [0.5, 0.6) is 5.75 Å². The summed E-state index contributed by atoms with van der Waals surface area (Å²) in [5, 5.41) is 14.5. The van der Waals surface area contributed by atoms with Crippen LogP contribution in [0.3, 0.4) is 0 Å². The summed E-state index contributed by atoms with van der Waals surface area (Å²) in [6.45, 7) is 5.51. The molecule has 0 unspecified atom stereocenters. The molecule has 0 radical (unpaired) electrons. The molecule has 7 nitrogen and oxygen atoms in total. The fourth-order valence-electron chi connectivity index (χ4n) is 1.68. The summed E-state index contributed by atoms with van der Waals surface area (Å²) >= 11 is 0. The monoisotopic (exact) mass is 317 g/mol. The Bertz CT molecular complexity index is 647. The minimum atomic E-state index is -0.692. The third kappa shape index (κ3) is 5.71. The van der Waals surface area contributed by atoms with Crippen molar-refractivity contribution in [2.75, 3.05) is 23.8 Å². The Hall–Kier alpha value is -3.01. The average molecular weight is 317 g/mol. The van der Waals surface area contributed by atoms with Crippen molar-refractivity contribution in [1.29, 1.82) is 5.26 Å². The average Bonchev–Trinajstić information content (AvgIpc) is 2.50. The Morgan fingerprint density at radius 2 is 2.04 bits per heavy atom. The van der Waals surface area contributed by atoms with Crippen LogP contribution in [0.1, 0.15) is 20.8 Å². The summed E-state index contributed by atoms with van der Waals surface area (Å²) in [5.74, 6) is -0.418. The number of amides is 1. The summed E-state index contributed by atoms with van der Waals surface area (Å²) in [6.07, 6.45) is 1.27. The van der Waals surface area contributed by atoms with Crippen LogP contribution in [0, 0.1) is 11.3 Å².